The Labute approximate surface area is 133 Å². The fourth-order valence-electron chi connectivity index (χ4n) is 2.24. The minimum Gasteiger partial charge on any atom is -0.493 e. The maximum Gasteiger partial charge on any atom is 0.195 e. The monoisotopic (exact) mass is 315 g/mol. The van der Waals surface area contributed by atoms with Gasteiger partial charge in [0.15, 0.2) is 22.3 Å². The van der Waals surface area contributed by atoms with Crippen molar-refractivity contribution in [1.82, 2.24) is 14.6 Å². The van der Waals surface area contributed by atoms with Crippen molar-refractivity contribution in [2.45, 2.75) is 17.8 Å². The van der Waals surface area contributed by atoms with Gasteiger partial charge in [0, 0.05) is 11.9 Å². The maximum atomic E-state index is 5.37. The number of fused-ring (bicyclic) bond motifs is 1. The van der Waals surface area contributed by atoms with Crippen LogP contribution in [0.15, 0.2) is 41.7 Å². The summed E-state index contributed by atoms with van der Waals surface area (Å²) in [4.78, 5) is 0. The van der Waals surface area contributed by atoms with Gasteiger partial charge in [0.2, 0.25) is 0 Å². The SMILES string of the molecule is COc1cc(C)c(CSc2nnc3ccccn23)cc1OC. The maximum absolute atomic E-state index is 5.37. The largest absolute Gasteiger partial charge is 0.493 e. The summed E-state index contributed by atoms with van der Waals surface area (Å²) in [6.45, 7) is 2.07. The molecule has 0 saturated carbocycles. The standard InChI is InChI=1S/C16H17N3O2S/c1-11-8-13(20-2)14(21-3)9-12(11)10-22-16-18-17-15-6-4-5-7-19(15)16/h4-9H,10H2,1-3H3. The van der Waals surface area contributed by atoms with E-state index in [1.807, 2.05) is 40.9 Å². The van der Waals surface area contributed by atoms with Gasteiger partial charge in [-0.2, -0.15) is 0 Å². The van der Waals surface area contributed by atoms with E-state index in [9.17, 15) is 0 Å². The molecule has 0 saturated heterocycles. The number of methoxy groups -OCH3 is 2. The van der Waals surface area contributed by atoms with Gasteiger partial charge in [-0.15, -0.1) is 10.2 Å². The van der Waals surface area contributed by atoms with Gasteiger partial charge in [-0.1, -0.05) is 17.8 Å². The Kier molecular flexibility index (Phi) is 4.20. The Morgan fingerprint density at radius 1 is 1.09 bits per heavy atom. The van der Waals surface area contributed by atoms with Crippen LogP contribution >= 0.6 is 11.8 Å². The fourth-order valence-corrected chi connectivity index (χ4v) is 3.23. The molecule has 0 bridgehead atoms. The lowest BCUT2D eigenvalue weighted by atomic mass is 10.1. The zero-order chi connectivity index (χ0) is 15.5. The molecule has 3 rings (SSSR count). The summed E-state index contributed by atoms with van der Waals surface area (Å²) in [5.41, 5.74) is 3.21. The second kappa shape index (κ2) is 6.27. The van der Waals surface area contributed by atoms with E-state index in [2.05, 4.69) is 17.1 Å². The number of rotatable bonds is 5. The Balaban J connectivity index is 1.84. The minimum atomic E-state index is 0.745. The molecule has 0 spiro atoms. The topological polar surface area (TPSA) is 48.7 Å². The van der Waals surface area contributed by atoms with E-state index in [0.717, 1.165) is 28.1 Å². The highest BCUT2D eigenvalue weighted by Crippen LogP contribution is 2.33. The molecule has 0 atom stereocenters. The minimum absolute atomic E-state index is 0.745. The highest BCUT2D eigenvalue weighted by molar-refractivity contribution is 7.98. The van der Waals surface area contributed by atoms with Crippen molar-refractivity contribution in [2.75, 3.05) is 14.2 Å². The van der Waals surface area contributed by atoms with E-state index in [0.29, 0.717) is 0 Å². The van der Waals surface area contributed by atoms with Gasteiger partial charge in [0.05, 0.1) is 14.2 Å². The number of aromatic nitrogens is 3. The van der Waals surface area contributed by atoms with Crippen molar-refractivity contribution in [2.24, 2.45) is 0 Å². The molecule has 2 aromatic heterocycles. The molecule has 2 heterocycles. The summed E-state index contributed by atoms with van der Waals surface area (Å²) in [5, 5.41) is 9.28. The van der Waals surface area contributed by atoms with Crippen molar-refractivity contribution in [3.8, 4) is 11.5 Å². The normalized spacial score (nSPS) is 10.9. The van der Waals surface area contributed by atoms with Crippen LogP contribution in [-0.4, -0.2) is 28.8 Å². The van der Waals surface area contributed by atoms with Crippen molar-refractivity contribution in [1.29, 1.82) is 0 Å². The quantitative estimate of drug-likeness (QED) is 0.676. The van der Waals surface area contributed by atoms with E-state index in [1.165, 1.54) is 11.1 Å². The van der Waals surface area contributed by atoms with Crippen molar-refractivity contribution >= 4 is 17.4 Å². The predicted octanol–water partition coefficient (Wildman–Crippen LogP) is 3.35. The number of benzene rings is 1. The molecular weight excluding hydrogens is 298 g/mol. The van der Waals surface area contributed by atoms with Crippen molar-refractivity contribution in [3.05, 3.63) is 47.7 Å². The molecule has 0 N–H and O–H groups in total. The van der Waals surface area contributed by atoms with Crippen LogP contribution in [0.4, 0.5) is 0 Å². The second-order valence-corrected chi connectivity index (χ2v) is 5.78. The van der Waals surface area contributed by atoms with E-state index in [-0.39, 0.29) is 0 Å². The Bertz CT molecular complexity index is 801. The summed E-state index contributed by atoms with van der Waals surface area (Å²) >= 11 is 1.65. The zero-order valence-electron chi connectivity index (χ0n) is 12.7. The number of pyridine rings is 1. The third-order valence-electron chi connectivity index (χ3n) is 3.48. The smallest absolute Gasteiger partial charge is 0.195 e. The first kappa shape index (κ1) is 14.7. The Morgan fingerprint density at radius 3 is 2.64 bits per heavy atom. The van der Waals surface area contributed by atoms with Crippen LogP contribution in [0.3, 0.4) is 0 Å². The van der Waals surface area contributed by atoms with Gasteiger partial charge in [-0.3, -0.25) is 4.40 Å². The predicted molar refractivity (Wildman–Crippen MR) is 86.8 cm³/mol. The molecule has 0 radical (unpaired) electrons. The van der Waals surface area contributed by atoms with Crippen LogP contribution in [0.25, 0.3) is 5.65 Å². The van der Waals surface area contributed by atoms with Gasteiger partial charge >= 0.3 is 0 Å². The molecule has 0 unspecified atom stereocenters. The average Bonchev–Trinajstić information content (AvgIpc) is 2.96. The number of hydrogen-bond donors (Lipinski definition) is 0. The van der Waals surface area contributed by atoms with Gasteiger partial charge in [0.25, 0.3) is 0 Å². The summed E-state index contributed by atoms with van der Waals surface area (Å²) in [6.07, 6.45) is 1.97. The van der Waals surface area contributed by atoms with Gasteiger partial charge in [-0.05, 0) is 42.3 Å². The molecule has 0 aliphatic rings. The second-order valence-electron chi connectivity index (χ2n) is 4.83. The first-order valence-corrected chi connectivity index (χ1v) is 7.85. The average molecular weight is 315 g/mol. The first-order valence-electron chi connectivity index (χ1n) is 6.87. The zero-order valence-corrected chi connectivity index (χ0v) is 13.6. The van der Waals surface area contributed by atoms with Crippen LogP contribution < -0.4 is 9.47 Å². The lowest BCUT2D eigenvalue weighted by Gasteiger charge is -2.12. The van der Waals surface area contributed by atoms with Crippen LogP contribution in [-0.2, 0) is 5.75 Å². The molecule has 114 valence electrons. The summed E-state index contributed by atoms with van der Waals surface area (Å²) in [5.74, 6) is 2.29. The highest BCUT2D eigenvalue weighted by Gasteiger charge is 2.11. The molecular formula is C16H17N3O2S. The van der Waals surface area contributed by atoms with E-state index in [1.54, 1.807) is 26.0 Å². The third kappa shape index (κ3) is 2.74. The van der Waals surface area contributed by atoms with Crippen molar-refractivity contribution in [3.63, 3.8) is 0 Å². The molecule has 6 heteroatoms. The number of aryl methyl sites for hydroxylation is 1. The van der Waals surface area contributed by atoms with Gasteiger partial charge in [-0.25, -0.2) is 0 Å². The third-order valence-corrected chi connectivity index (χ3v) is 4.47. The fraction of sp³-hybridized carbons (Fsp3) is 0.250. The number of thioether (sulfide) groups is 1. The summed E-state index contributed by atoms with van der Waals surface area (Å²) < 4.78 is 12.7. The molecule has 0 amide bonds. The lowest BCUT2D eigenvalue weighted by Crippen LogP contribution is -1.95. The molecule has 22 heavy (non-hydrogen) atoms. The summed E-state index contributed by atoms with van der Waals surface area (Å²) in [7, 11) is 3.30. The summed E-state index contributed by atoms with van der Waals surface area (Å²) in [6, 6.07) is 9.89. The van der Waals surface area contributed by atoms with Gasteiger partial charge < -0.3 is 9.47 Å². The highest BCUT2D eigenvalue weighted by atomic mass is 32.2. The molecule has 0 aliphatic carbocycles. The van der Waals surface area contributed by atoms with Crippen molar-refractivity contribution < 1.29 is 9.47 Å². The number of ether oxygens (including phenoxy) is 2. The lowest BCUT2D eigenvalue weighted by molar-refractivity contribution is 0.354. The molecule has 5 nitrogen and oxygen atoms in total. The Hall–Kier alpha value is -2.21. The van der Waals surface area contributed by atoms with E-state index in [4.69, 9.17) is 9.47 Å². The van der Waals surface area contributed by atoms with Crippen LogP contribution in [0, 0.1) is 6.92 Å². The number of nitrogens with zero attached hydrogens (tertiary/aromatic N) is 3. The number of hydrogen-bond acceptors (Lipinski definition) is 5. The molecule has 0 fully saturated rings. The van der Waals surface area contributed by atoms with E-state index < -0.39 is 0 Å². The van der Waals surface area contributed by atoms with E-state index >= 15 is 0 Å². The Morgan fingerprint density at radius 2 is 1.86 bits per heavy atom. The van der Waals surface area contributed by atoms with Crippen LogP contribution in [0.2, 0.25) is 0 Å². The van der Waals surface area contributed by atoms with Crippen LogP contribution in [0.5, 0.6) is 11.5 Å². The molecule has 0 aliphatic heterocycles. The van der Waals surface area contributed by atoms with Gasteiger partial charge in [0.1, 0.15) is 0 Å². The molecule has 1 aromatic carbocycles. The first-order chi connectivity index (χ1) is 10.7. The molecule has 3 aromatic rings. The van der Waals surface area contributed by atoms with Crippen LogP contribution in [0.1, 0.15) is 11.1 Å².